The molecule has 0 aliphatic carbocycles. The smallest absolute Gasteiger partial charge is 0.164 e. The summed E-state index contributed by atoms with van der Waals surface area (Å²) in [6, 6.07) is 55.6. The van der Waals surface area contributed by atoms with Crippen molar-refractivity contribution in [1.29, 1.82) is 0 Å². The lowest BCUT2D eigenvalue weighted by atomic mass is 9.91. The van der Waals surface area contributed by atoms with Crippen molar-refractivity contribution in [2.24, 2.45) is 0 Å². The number of para-hydroxylation sites is 1. The van der Waals surface area contributed by atoms with E-state index in [0.29, 0.717) is 17.5 Å². The maximum Gasteiger partial charge on any atom is 0.164 e. The molecular formula is C45H27N3O2. The summed E-state index contributed by atoms with van der Waals surface area (Å²) < 4.78 is 12.8. The summed E-state index contributed by atoms with van der Waals surface area (Å²) in [5, 5.41) is 3.98. The summed E-state index contributed by atoms with van der Waals surface area (Å²) in [4.78, 5) is 15.5. The highest BCUT2D eigenvalue weighted by Crippen LogP contribution is 2.44. The number of hydrogen-bond acceptors (Lipinski definition) is 5. The number of nitrogens with zero attached hydrogens (tertiary/aromatic N) is 3. The first-order valence-electron chi connectivity index (χ1n) is 16.6. The predicted molar refractivity (Wildman–Crippen MR) is 202 cm³/mol. The van der Waals surface area contributed by atoms with Gasteiger partial charge >= 0.3 is 0 Å². The number of furan rings is 2. The minimum atomic E-state index is 0.568. The van der Waals surface area contributed by atoms with Crippen LogP contribution in [0.2, 0.25) is 0 Å². The highest BCUT2D eigenvalue weighted by molar-refractivity contribution is 6.18. The van der Waals surface area contributed by atoms with Gasteiger partial charge in [-0.15, -0.1) is 0 Å². The zero-order chi connectivity index (χ0) is 33.0. The van der Waals surface area contributed by atoms with E-state index < -0.39 is 0 Å². The first kappa shape index (κ1) is 28.2. The SMILES string of the molecule is c1ccc(-c2nc(-c3cccc4oc5ccccc5c34)nc(-c3cccc4oc5cccc(-c6ccccc6-c6ccccc6)c5c34)n2)cc1. The van der Waals surface area contributed by atoms with E-state index in [0.717, 1.165) is 82.8 Å². The molecule has 0 radical (unpaired) electrons. The van der Waals surface area contributed by atoms with Crippen molar-refractivity contribution in [1.82, 2.24) is 15.0 Å². The number of hydrogen-bond donors (Lipinski definition) is 0. The Labute approximate surface area is 287 Å². The molecular weight excluding hydrogens is 615 g/mol. The normalized spacial score (nSPS) is 11.6. The van der Waals surface area contributed by atoms with Gasteiger partial charge in [-0.1, -0.05) is 140 Å². The second-order valence-corrected chi connectivity index (χ2v) is 12.3. The molecule has 0 aliphatic rings. The molecule has 0 amide bonds. The minimum Gasteiger partial charge on any atom is -0.456 e. The molecule has 0 aliphatic heterocycles. The highest BCUT2D eigenvalue weighted by atomic mass is 16.3. The maximum atomic E-state index is 6.56. The molecule has 0 N–H and O–H groups in total. The van der Waals surface area contributed by atoms with Crippen molar-refractivity contribution < 1.29 is 8.83 Å². The zero-order valence-corrected chi connectivity index (χ0v) is 26.7. The Morgan fingerprint density at radius 1 is 0.280 bits per heavy atom. The third-order valence-corrected chi connectivity index (χ3v) is 9.38. The van der Waals surface area contributed by atoms with Crippen LogP contribution in [0.4, 0.5) is 0 Å². The van der Waals surface area contributed by atoms with Gasteiger partial charge in [-0.2, -0.15) is 0 Å². The van der Waals surface area contributed by atoms with E-state index in [2.05, 4.69) is 78.9 Å². The Morgan fingerprint density at radius 2 is 0.720 bits per heavy atom. The Bertz CT molecular complexity index is 2870. The quantitative estimate of drug-likeness (QED) is 0.187. The van der Waals surface area contributed by atoms with Gasteiger partial charge in [0, 0.05) is 38.2 Å². The van der Waals surface area contributed by atoms with Gasteiger partial charge in [0.1, 0.15) is 22.3 Å². The van der Waals surface area contributed by atoms with Gasteiger partial charge in [0.2, 0.25) is 0 Å². The van der Waals surface area contributed by atoms with Crippen molar-refractivity contribution in [2.45, 2.75) is 0 Å². The van der Waals surface area contributed by atoms with Crippen LogP contribution >= 0.6 is 0 Å². The largest absolute Gasteiger partial charge is 0.456 e. The fraction of sp³-hybridized carbons (Fsp3) is 0. The molecule has 0 unspecified atom stereocenters. The predicted octanol–water partition coefficient (Wildman–Crippen LogP) is 12.0. The lowest BCUT2D eigenvalue weighted by molar-refractivity contribution is 0.668. The van der Waals surface area contributed by atoms with Gasteiger partial charge in [-0.05, 0) is 46.5 Å². The molecule has 10 rings (SSSR count). The van der Waals surface area contributed by atoms with Crippen LogP contribution in [0.3, 0.4) is 0 Å². The number of rotatable bonds is 5. The van der Waals surface area contributed by atoms with E-state index >= 15 is 0 Å². The summed E-state index contributed by atoms with van der Waals surface area (Å²) in [5.74, 6) is 1.73. The van der Waals surface area contributed by atoms with Crippen LogP contribution in [0.15, 0.2) is 173 Å². The van der Waals surface area contributed by atoms with E-state index in [1.54, 1.807) is 0 Å². The van der Waals surface area contributed by atoms with Crippen molar-refractivity contribution in [3.8, 4) is 56.4 Å². The molecule has 5 nitrogen and oxygen atoms in total. The van der Waals surface area contributed by atoms with Crippen molar-refractivity contribution in [3.63, 3.8) is 0 Å². The summed E-state index contributed by atoms with van der Waals surface area (Å²) in [7, 11) is 0. The van der Waals surface area contributed by atoms with Crippen LogP contribution in [-0.4, -0.2) is 15.0 Å². The van der Waals surface area contributed by atoms with E-state index in [9.17, 15) is 0 Å². The van der Waals surface area contributed by atoms with Gasteiger partial charge < -0.3 is 8.83 Å². The molecule has 50 heavy (non-hydrogen) atoms. The lowest BCUT2D eigenvalue weighted by Crippen LogP contribution is -2.00. The molecule has 0 bridgehead atoms. The average Bonchev–Trinajstić information content (AvgIpc) is 3.77. The number of benzene rings is 7. The molecule has 3 heterocycles. The Balaban J connectivity index is 1.26. The van der Waals surface area contributed by atoms with E-state index in [1.165, 1.54) is 0 Å². The molecule has 5 heteroatoms. The van der Waals surface area contributed by atoms with Crippen molar-refractivity contribution >= 4 is 43.9 Å². The average molecular weight is 642 g/mol. The van der Waals surface area contributed by atoms with Gasteiger partial charge in [-0.3, -0.25) is 0 Å². The van der Waals surface area contributed by atoms with Crippen LogP contribution in [0.5, 0.6) is 0 Å². The molecule has 0 atom stereocenters. The monoisotopic (exact) mass is 641 g/mol. The molecule has 3 aromatic heterocycles. The molecule has 10 aromatic rings. The highest BCUT2D eigenvalue weighted by Gasteiger charge is 2.22. The lowest BCUT2D eigenvalue weighted by Gasteiger charge is -2.12. The topological polar surface area (TPSA) is 65.0 Å². The van der Waals surface area contributed by atoms with E-state index in [-0.39, 0.29) is 0 Å². The Hall–Kier alpha value is -6.85. The fourth-order valence-corrected chi connectivity index (χ4v) is 7.16. The van der Waals surface area contributed by atoms with E-state index in [4.69, 9.17) is 23.8 Å². The zero-order valence-electron chi connectivity index (χ0n) is 26.7. The summed E-state index contributed by atoms with van der Waals surface area (Å²) >= 11 is 0. The van der Waals surface area contributed by atoms with E-state index in [1.807, 2.05) is 84.9 Å². The summed E-state index contributed by atoms with van der Waals surface area (Å²) in [6.45, 7) is 0. The van der Waals surface area contributed by atoms with Crippen molar-refractivity contribution in [2.75, 3.05) is 0 Å². The third kappa shape index (κ3) is 4.52. The third-order valence-electron chi connectivity index (χ3n) is 9.38. The van der Waals surface area contributed by atoms with Crippen LogP contribution in [0.1, 0.15) is 0 Å². The first-order chi connectivity index (χ1) is 24.8. The molecule has 0 saturated carbocycles. The molecule has 234 valence electrons. The van der Waals surface area contributed by atoms with Crippen molar-refractivity contribution in [3.05, 3.63) is 164 Å². The molecule has 0 fully saturated rings. The van der Waals surface area contributed by atoms with Gasteiger partial charge in [0.15, 0.2) is 17.5 Å². The number of fused-ring (bicyclic) bond motifs is 6. The van der Waals surface area contributed by atoms with Gasteiger partial charge in [-0.25, -0.2) is 15.0 Å². The van der Waals surface area contributed by atoms with Crippen LogP contribution < -0.4 is 0 Å². The molecule has 0 spiro atoms. The standard InChI is InChI=1S/C45H27N3O2/c1-3-14-28(15-4-1)30-18-7-8-19-31(30)32-21-11-26-38-41(32)42-35(23-13-27-39(42)50-38)45-47-43(29-16-5-2-6-17-29)46-44(48-45)34-22-12-25-37-40(34)33-20-9-10-24-36(33)49-37/h1-27H. The van der Waals surface area contributed by atoms with Crippen LogP contribution in [0.25, 0.3) is 100 Å². The maximum absolute atomic E-state index is 6.56. The summed E-state index contributed by atoms with van der Waals surface area (Å²) in [6.07, 6.45) is 0. The second-order valence-electron chi connectivity index (χ2n) is 12.3. The van der Waals surface area contributed by atoms with Gasteiger partial charge in [0.25, 0.3) is 0 Å². The number of aromatic nitrogens is 3. The van der Waals surface area contributed by atoms with Gasteiger partial charge in [0.05, 0.1) is 0 Å². The van der Waals surface area contributed by atoms with Crippen LogP contribution in [-0.2, 0) is 0 Å². The first-order valence-corrected chi connectivity index (χ1v) is 16.6. The van der Waals surface area contributed by atoms with Crippen LogP contribution in [0, 0.1) is 0 Å². The Morgan fingerprint density at radius 3 is 1.42 bits per heavy atom. The Kier molecular flexibility index (Phi) is 6.42. The second kappa shape index (κ2) is 11.4. The molecule has 0 saturated heterocycles. The minimum absolute atomic E-state index is 0.568. The fourth-order valence-electron chi connectivity index (χ4n) is 7.16. The summed E-state index contributed by atoms with van der Waals surface area (Å²) in [5.41, 5.74) is 10.4. The molecule has 7 aromatic carbocycles.